The van der Waals surface area contributed by atoms with E-state index in [4.69, 9.17) is 16.3 Å². The number of likely N-dealkylation sites (tertiary alicyclic amines) is 1. The van der Waals surface area contributed by atoms with Crippen LogP contribution in [0, 0.1) is 5.92 Å². The van der Waals surface area contributed by atoms with Crippen LogP contribution in [0.4, 0.5) is 4.79 Å². The first-order valence-corrected chi connectivity index (χ1v) is 9.29. The summed E-state index contributed by atoms with van der Waals surface area (Å²) < 4.78 is 5.36. The van der Waals surface area contributed by atoms with Crippen molar-refractivity contribution in [3.05, 3.63) is 34.9 Å². The van der Waals surface area contributed by atoms with Gasteiger partial charge in [0.1, 0.15) is 0 Å². The molecule has 142 valence electrons. The number of rotatable bonds is 3. The first-order chi connectivity index (χ1) is 12.3. The van der Waals surface area contributed by atoms with Crippen LogP contribution in [0.25, 0.3) is 0 Å². The van der Waals surface area contributed by atoms with E-state index < -0.39 is 11.5 Å². The third-order valence-corrected chi connectivity index (χ3v) is 6.06. The summed E-state index contributed by atoms with van der Waals surface area (Å²) in [7, 11) is 1.57. The van der Waals surface area contributed by atoms with E-state index in [-0.39, 0.29) is 17.9 Å². The van der Waals surface area contributed by atoms with Gasteiger partial charge in [0, 0.05) is 49.7 Å². The SMILES string of the molecule is CN(C(=O)O)[C@@H]1CN(C(=O)C2CCOCC2)C[C@@]1(C)c1ccc(Cl)cc1. The summed E-state index contributed by atoms with van der Waals surface area (Å²) in [5.74, 6) is 0.0712. The fourth-order valence-corrected chi connectivity index (χ4v) is 4.27. The van der Waals surface area contributed by atoms with Crippen LogP contribution in [0.2, 0.25) is 5.02 Å². The minimum Gasteiger partial charge on any atom is -0.465 e. The third-order valence-electron chi connectivity index (χ3n) is 5.80. The number of carbonyl (C=O) groups excluding carboxylic acids is 1. The van der Waals surface area contributed by atoms with Gasteiger partial charge in [-0.3, -0.25) is 4.79 Å². The topological polar surface area (TPSA) is 70.1 Å². The molecule has 2 saturated heterocycles. The van der Waals surface area contributed by atoms with Gasteiger partial charge in [0.25, 0.3) is 0 Å². The molecule has 0 bridgehead atoms. The molecule has 26 heavy (non-hydrogen) atoms. The largest absolute Gasteiger partial charge is 0.465 e. The highest BCUT2D eigenvalue weighted by atomic mass is 35.5. The molecule has 2 aliphatic heterocycles. The van der Waals surface area contributed by atoms with Crippen molar-refractivity contribution in [1.82, 2.24) is 9.80 Å². The van der Waals surface area contributed by atoms with Crippen molar-refractivity contribution in [2.45, 2.75) is 31.2 Å². The number of likely N-dealkylation sites (N-methyl/N-ethyl adjacent to an activating group) is 1. The lowest BCUT2D eigenvalue weighted by molar-refractivity contribution is -0.137. The van der Waals surface area contributed by atoms with E-state index in [2.05, 4.69) is 0 Å². The number of ether oxygens (including phenoxy) is 1. The average Bonchev–Trinajstić information content (AvgIpc) is 3.00. The Bertz CT molecular complexity index is 675. The Hall–Kier alpha value is -1.79. The molecule has 0 saturated carbocycles. The van der Waals surface area contributed by atoms with Crippen LogP contribution >= 0.6 is 11.6 Å². The van der Waals surface area contributed by atoms with Crippen LogP contribution in [0.1, 0.15) is 25.3 Å². The van der Waals surface area contributed by atoms with Gasteiger partial charge in [-0.05, 0) is 30.5 Å². The zero-order valence-corrected chi connectivity index (χ0v) is 15.9. The Balaban J connectivity index is 1.89. The summed E-state index contributed by atoms with van der Waals surface area (Å²) >= 11 is 6.01. The van der Waals surface area contributed by atoms with E-state index in [9.17, 15) is 14.7 Å². The summed E-state index contributed by atoms with van der Waals surface area (Å²) in [6.07, 6.45) is 0.467. The first kappa shape index (κ1) is 19.0. The second kappa shape index (κ2) is 7.45. The molecule has 2 fully saturated rings. The van der Waals surface area contributed by atoms with Crippen molar-refractivity contribution in [2.24, 2.45) is 5.92 Å². The van der Waals surface area contributed by atoms with Gasteiger partial charge < -0.3 is 19.6 Å². The molecule has 0 spiro atoms. The second-order valence-electron chi connectivity index (χ2n) is 7.44. The standard InChI is InChI=1S/C19H25ClN2O4/c1-19(14-3-5-15(20)6-4-14)12-22(11-16(19)21(2)18(24)25)17(23)13-7-9-26-10-8-13/h3-6,13,16H,7-12H2,1-2H3,(H,24,25)/t16-,19+/m1/s1. The van der Waals surface area contributed by atoms with Crippen LogP contribution in [-0.4, -0.2) is 66.3 Å². The van der Waals surface area contributed by atoms with Crippen LogP contribution in [0.3, 0.4) is 0 Å². The summed E-state index contributed by atoms with van der Waals surface area (Å²) in [5.41, 5.74) is 0.501. The van der Waals surface area contributed by atoms with Crippen molar-refractivity contribution in [3.8, 4) is 0 Å². The molecule has 1 aromatic carbocycles. The number of hydrogen-bond acceptors (Lipinski definition) is 3. The maximum Gasteiger partial charge on any atom is 0.407 e. The number of carbonyl (C=O) groups is 2. The van der Waals surface area contributed by atoms with Crippen molar-refractivity contribution in [3.63, 3.8) is 0 Å². The lowest BCUT2D eigenvalue weighted by Gasteiger charge is -2.35. The maximum atomic E-state index is 13.0. The van der Waals surface area contributed by atoms with Crippen molar-refractivity contribution in [1.29, 1.82) is 0 Å². The van der Waals surface area contributed by atoms with Crippen LogP contribution in [0.5, 0.6) is 0 Å². The van der Waals surface area contributed by atoms with Gasteiger partial charge >= 0.3 is 6.09 Å². The van der Waals surface area contributed by atoms with E-state index in [1.807, 2.05) is 36.1 Å². The fourth-order valence-electron chi connectivity index (χ4n) is 4.14. The molecule has 1 N–H and O–H groups in total. The van der Waals surface area contributed by atoms with Crippen LogP contribution in [-0.2, 0) is 14.9 Å². The molecule has 3 rings (SSSR count). The fraction of sp³-hybridized carbons (Fsp3) is 0.579. The summed E-state index contributed by atoms with van der Waals surface area (Å²) in [4.78, 5) is 27.8. The van der Waals surface area contributed by atoms with E-state index in [1.54, 1.807) is 7.05 Å². The van der Waals surface area contributed by atoms with E-state index in [1.165, 1.54) is 4.90 Å². The molecule has 6 nitrogen and oxygen atoms in total. The molecular weight excluding hydrogens is 356 g/mol. The van der Waals surface area contributed by atoms with Gasteiger partial charge in [0.2, 0.25) is 5.91 Å². The van der Waals surface area contributed by atoms with Gasteiger partial charge in [0.15, 0.2) is 0 Å². The summed E-state index contributed by atoms with van der Waals surface area (Å²) in [6.45, 7) is 4.14. The Morgan fingerprint density at radius 2 is 1.88 bits per heavy atom. The van der Waals surface area contributed by atoms with Crippen molar-refractivity contribution in [2.75, 3.05) is 33.4 Å². The van der Waals surface area contributed by atoms with Crippen molar-refractivity contribution >= 4 is 23.6 Å². The van der Waals surface area contributed by atoms with Crippen molar-refractivity contribution < 1.29 is 19.4 Å². The minimum atomic E-state index is -0.990. The van der Waals surface area contributed by atoms with Gasteiger partial charge in [-0.2, -0.15) is 0 Å². The highest BCUT2D eigenvalue weighted by Gasteiger charge is 2.49. The Morgan fingerprint density at radius 1 is 1.27 bits per heavy atom. The number of benzene rings is 1. The zero-order chi connectivity index (χ0) is 18.9. The maximum absolute atomic E-state index is 13.0. The third kappa shape index (κ3) is 3.53. The highest BCUT2D eigenvalue weighted by Crippen LogP contribution is 2.38. The molecule has 0 aromatic heterocycles. The predicted molar refractivity (Wildman–Crippen MR) is 98.5 cm³/mol. The highest BCUT2D eigenvalue weighted by molar-refractivity contribution is 6.30. The van der Waals surface area contributed by atoms with E-state index >= 15 is 0 Å². The van der Waals surface area contributed by atoms with E-state index in [0.717, 1.165) is 18.4 Å². The van der Waals surface area contributed by atoms with Gasteiger partial charge in [0.05, 0.1) is 6.04 Å². The smallest absolute Gasteiger partial charge is 0.407 e. The zero-order valence-electron chi connectivity index (χ0n) is 15.2. The molecule has 0 aliphatic carbocycles. The molecule has 2 amide bonds. The van der Waals surface area contributed by atoms with Gasteiger partial charge in [-0.15, -0.1) is 0 Å². The van der Waals surface area contributed by atoms with Gasteiger partial charge in [-0.25, -0.2) is 4.79 Å². The van der Waals surface area contributed by atoms with Crippen LogP contribution in [0.15, 0.2) is 24.3 Å². The normalized spacial score (nSPS) is 26.7. The predicted octanol–water partition coefficient (Wildman–Crippen LogP) is 2.84. The summed E-state index contributed by atoms with van der Waals surface area (Å²) in [6, 6.07) is 7.15. The first-order valence-electron chi connectivity index (χ1n) is 8.91. The molecule has 0 unspecified atom stereocenters. The molecule has 7 heteroatoms. The number of hydrogen-bond donors (Lipinski definition) is 1. The lowest BCUT2D eigenvalue weighted by atomic mass is 9.77. The lowest BCUT2D eigenvalue weighted by Crippen LogP contribution is -2.48. The Kier molecular flexibility index (Phi) is 5.44. The number of halogens is 1. The number of nitrogens with zero attached hydrogens (tertiary/aromatic N) is 2. The monoisotopic (exact) mass is 380 g/mol. The molecule has 2 aliphatic rings. The summed E-state index contributed by atoms with van der Waals surface area (Å²) in [5, 5.41) is 10.2. The van der Waals surface area contributed by atoms with Crippen LogP contribution < -0.4 is 0 Å². The Morgan fingerprint density at radius 3 is 2.46 bits per heavy atom. The molecular formula is C19H25ClN2O4. The average molecular weight is 381 g/mol. The minimum absolute atomic E-state index is 0.0351. The Labute approximate surface area is 158 Å². The molecule has 1 aromatic rings. The number of carboxylic acid groups (broad SMARTS) is 1. The molecule has 2 atom stereocenters. The molecule has 2 heterocycles. The van der Waals surface area contributed by atoms with E-state index in [0.29, 0.717) is 31.3 Å². The molecule has 0 radical (unpaired) electrons. The number of amides is 2. The van der Waals surface area contributed by atoms with Gasteiger partial charge in [-0.1, -0.05) is 30.7 Å². The second-order valence-corrected chi connectivity index (χ2v) is 7.88. The quantitative estimate of drug-likeness (QED) is 0.875.